The molecule has 0 unspecified atom stereocenters. The van der Waals surface area contributed by atoms with Crippen molar-refractivity contribution >= 4 is 11.6 Å². The van der Waals surface area contributed by atoms with E-state index in [1.165, 1.54) is 0 Å². The summed E-state index contributed by atoms with van der Waals surface area (Å²) >= 11 is 0. The first-order valence-corrected chi connectivity index (χ1v) is 5.51. The smallest absolute Gasteiger partial charge is 0.274 e. The Morgan fingerprint density at radius 2 is 1.94 bits per heavy atom. The van der Waals surface area contributed by atoms with Crippen LogP contribution in [0.5, 0.6) is 0 Å². The number of aromatic nitrogens is 2. The van der Waals surface area contributed by atoms with Gasteiger partial charge in [-0.05, 0) is 27.7 Å². The SMILES string of the molecule is CC(C)NC(=O)c1nn(C)cc1NC(C)C. The third kappa shape index (κ3) is 3.25. The maximum atomic E-state index is 11.8. The summed E-state index contributed by atoms with van der Waals surface area (Å²) in [7, 11) is 1.80. The summed E-state index contributed by atoms with van der Waals surface area (Å²) in [5.74, 6) is -0.140. The molecule has 0 aliphatic carbocycles. The Hall–Kier alpha value is -1.52. The lowest BCUT2D eigenvalue weighted by Gasteiger charge is -2.10. The number of amides is 1. The predicted molar refractivity (Wildman–Crippen MR) is 64.6 cm³/mol. The maximum absolute atomic E-state index is 11.8. The molecular formula is C11H20N4O. The van der Waals surface area contributed by atoms with Crippen LogP contribution in [0.1, 0.15) is 38.2 Å². The molecule has 1 heterocycles. The fourth-order valence-corrected chi connectivity index (χ4v) is 1.40. The third-order valence-corrected chi connectivity index (χ3v) is 1.91. The molecule has 0 aliphatic rings. The Morgan fingerprint density at radius 3 is 2.44 bits per heavy atom. The molecule has 0 spiro atoms. The van der Waals surface area contributed by atoms with Gasteiger partial charge in [-0.2, -0.15) is 5.10 Å². The first kappa shape index (κ1) is 12.5. The van der Waals surface area contributed by atoms with E-state index in [-0.39, 0.29) is 18.0 Å². The summed E-state index contributed by atoms with van der Waals surface area (Å²) in [6, 6.07) is 0.385. The summed E-state index contributed by atoms with van der Waals surface area (Å²) in [6.45, 7) is 7.90. The maximum Gasteiger partial charge on any atom is 0.274 e. The Kier molecular flexibility index (Phi) is 3.93. The lowest BCUT2D eigenvalue weighted by atomic mass is 10.3. The van der Waals surface area contributed by atoms with Gasteiger partial charge in [-0.1, -0.05) is 0 Å². The first-order valence-electron chi connectivity index (χ1n) is 5.51. The van der Waals surface area contributed by atoms with Crippen molar-refractivity contribution in [1.29, 1.82) is 0 Å². The van der Waals surface area contributed by atoms with Gasteiger partial charge in [-0.25, -0.2) is 0 Å². The summed E-state index contributed by atoms with van der Waals surface area (Å²) in [4.78, 5) is 11.8. The van der Waals surface area contributed by atoms with Crippen LogP contribution in [0.25, 0.3) is 0 Å². The Morgan fingerprint density at radius 1 is 1.31 bits per heavy atom. The van der Waals surface area contributed by atoms with Crippen LogP contribution in [0.2, 0.25) is 0 Å². The second-order valence-electron chi connectivity index (χ2n) is 4.49. The minimum atomic E-state index is -0.140. The first-order chi connectivity index (χ1) is 7.40. The average Bonchev–Trinajstić information content (AvgIpc) is 2.44. The number of nitrogens with zero attached hydrogens (tertiary/aromatic N) is 2. The van der Waals surface area contributed by atoms with E-state index >= 15 is 0 Å². The Balaban J connectivity index is 2.89. The fraction of sp³-hybridized carbons (Fsp3) is 0.636. The molecule has 0 atom stereocenters. The van der Waals surface area contributed by atoms with Gasteiger partial charge in [-0.15, -0.1) is 0 Å². The zero-order chi connectivity index (χ0) is 12.3. The zero-order valence-corrected chi connectivity index (χ0v) is 10.5. The number of hydrogen-bond donors (Lipinski definition) is 2. The van der Waals surface area contributed by atoms with E-state index < -0.39 is 0 Å². The zero-order valence-electron chi connectivity index (χ0n) is 10.5. The molecule has 90 valence electrons. The minimum absolute atomic E-state index is 0.112. The predicted octanol–water partition coefficient (Wildman–Crippen LogP) is 1.38. The molecule has 1 amide bonds. The average molecular weight is 224 g/mol. The Bertz CT molecular complexity index is 368. The molecule has 0 aliphatic heterocycles. The van der Waals surface area contributed by atoms with E-state index in [4.69, 9.17) is 0 Å². The van der Waals surface area contributed by atoms with Crippen LogP contribution in [-0.2, 0) is 7.05 Å². The molecule has 0 aromatic carbocycles. The van der Waals surface area contributed by atoms with E-state index in [1.54, 1.807) is 11.7 Å². The van der Waals surface area contributed by atoms with E-state index in [9.17, 15) is 4.79 Å². The molecular weight excluding hydrogens is 204 g/mol. The topological polar surface area (TPSA) is 59.0 Å². The molecule has 1 aromatic heterocycles. The molecule has 16 heavy (non-hydrogen) atoms. The van der Waals surface area contributed by atoms with Crippen molar-refractivity contribution in [2.24, 2.45) is 7.05 Å². The van der Waals surface area contributed by atoms with Gasteiger partial charge >= 0.3 is 0 Å². The van der Waals surface area contributed by atoms with Crippen molar-refractivity contribution in [3.8, 4) is 0 Å². The van der Waals surface area contributed by atoms with Crippen molar-refractivity contribution in [2.75, 3.05) is 5.32 Å². The number of rotatable bonds is 4. The highest BCUT2D eigenvalue weighted by atomic mass is 16.2. The van der Waals surface area contributed by atoms with Crippen LogP contribution in [-0.4, -0.2) is 27.8 Å². The normalized spacial score (nSPS) is 10.9. The molecule has 2 N–H and O–H groups in total. The molecule has 0 bridgehead atoms. The van der Waals surface area contributed by atoms with Gasteiger partial charge in [0.05, 0.1) is 5.69 Å². The highest BCUT2D eigenvalue weighted by Crippen LogP contribution is 2.14. The van der Waals surface area contributed by atoms with Crippen LogP contribution >= 0.6 is 0 Å². The van der Waals surface area contributed by atoms with Crippen molar-refractivity contribution in [1.82, 2.24) is 15.1 Å². The molecule has 0 saturated heterocycles. The van der Waals surface area contributed by atoms with Gasteiger partial charge in [-0.3, -0.25) is 9.48 Å². The largest absolute Gasteiger partial charge is 0.380 e. The van der Waals surface area contributed by atoms with Gasteiger partial charge in [0, 0.05) is 25.3 Å². The standard InChI is InChI=1S/C11H20N4O/c1-7(2)12-9-6-15(5)14-10(9)11(16)13-8(3)4/h6-8,12H,1-5H3,(H,13,16). The molecule has 0 radical (unpaired) electrons. The lowest BCUT2D eigenvalue weighted by molar-refractivity contribution is 0.0938. The fourth-order valence-electron chi connectivity index (χ4n) is 1.40. The van der Waals surface area contributed by atoms with E-state index in [1.807, 2.05) is 33.9 Å². The van der Waals surface area contributed by atoms with Gasteiger partial charge in [0.25, 0.3) is 5.91 Å². The van der Waals surface area contributed by atoms with Crippen LogP contribution < -0.4 is 10.6 Å². The molecule has 0 saturated carbocycles. The highest BCUT2D eigenvalue weighted by molar-refractivity contribution is 5.97. The molecule has 1 aromatic rings. The highest BCUT2D eigenvalue weighted by Gasteiger charge is 2.16. The van der Waals surface area contributed by atoms with Crippen molar-refractivity contribution in [3.63, 3.8) is 0 Å². The number of aryl methyl sites for hydroxylation is 1. The van der Waals surface area contributed by atoms with E-state index in [0.717, 1.165) is 5.69 Å². The monoisotopic (exact) mass is 224 g/mol. The van der Waals surface area contributed by atoms with E-state index in [0.29, 0.717) is 5.69 Å². The minimum Gasteiger partial charge on any atom is -0.380 e. The quantitative estimate of drug-likeness (QED) is 0.812. The van der Waals surface area contributed by atoms with Gasteiger partial charge in [0.15, 0.2) is 5.69 Å². The third-order valence-electron chi connectivity index (χ3n) is 1.91. The summed E-state index contributed by atoms with van der Waals surface area (Å²) in [6.07, 6.45) is 1.81. The van der Waals surface area contributed by atoms with Crippen molar-refractivity contribution in [3.05, 3.63) is 11.9 Å². The van der Waals surface area contributed by atoms with E-state index in [2.05, 4.69) is 15.7 Å². The van der Waals surface area contributed by atoms with Gasteiger partial charge < -0.3 is 10.6 Å². The van der Waals surface area contributed by atoms with Crippen molar-refractivity contribution < 1.29 is 4.79 Å². The lowest BCUT2D eigenvalue weighted by Crippen LogP contribution is -2.31. The Labute approximate surface area is 96.2 Å². The van der Waals surface area contributed by atoms with Crippen molar-refractivity contribution in [2.45, 2.75) is 39.8 Å². The summed E-state index contributed by atoms with van der Waals surface area (Å²) in [5.41, 5.74) is 1.22. The number of carbonyl (C=O) groups excluding carboxylic acids is 1. The summed E-state index contributed by atoms with van der Waals surface area (Å²) in [5, 5.41) is 10.2. The number of carbonyl (C=O) groups is 1. The summed E-state index contributed by atoms with van der Waals surface area (Å²) < 4.78 is 1.64. The molecule has 1 rings (SSSR count). The van der Waals surface area contributed by atoms with Crippen LogP contribution in [0.15, 0.2) is 6.20 Å². The molecule has 0 fully saturated rings. The molecule has 5 heteroatoms. The van der Waals surface area contributed by atoms with Crippen LogP contribution in [0, 0.1) is 0 Å². The second-order valence-corrected chi connectivity index (χ2v) is 4.49. The van der Waals surface area contributed by atoms with Gasteiger partial charge in [0.1, 0.15) is 0 Å². The number of hydrogen-bond acceptors (Lipinski definition) is 3. The number of nitrogens with one attached hydrogen (secondary N) is 2. The van der Waals surface area contributed by atoms with Crippen LogP contribution in [0.3, 0.4) is 0 Å². The second kappa shape index (κ2) is 5.01. The molecule has 5 nitrogen and oxygen atoms in total. The van der Waals surface area contributed by atoms with Crippen LogP contribution in [0.4, 0.5) is 5.69 Å². The van der Waals surface area contributed by atoms with Gasteiger partial charge in [0.2, 0.25) is 0 Å². The number of anilines is 1.